The molecule has 0 spiro atoms. The number of halogens is 1. The molecule has 9 heteroatoms. The van der Waals surface area contributed by atoms with Crippen molar-refractivity contribution < 1.29 is 21.7 Å². The molecule has 0 aliphatic carbocycles. The number of nitrogens with zero attached hydrogens (tertiary/aromatic N) is 3. The molecule has 1 aromatic heterocycles. The molecule has 7 nitrogen and oxygen atoms in total. The first-order valence-corrected chi connectivity index (χ1v) is 7.35. The lowest BCUT2D eigenvalue weighted by molar-refractivity contribution is 0.414. The Morgan fingerprint density at radius 2 is 1.95 bits per heavy atom. The average Bonchev–Trinajstić information content (AvgIpc) is 2.54. The van der Waals surface area contributed by atoms with Crippen molar-refractivity contribution in [1.82, 2.24) is 8.54 Å². The molecule has 0 saturated carbocycles. The number of hydrogen-bond acceptors (Lipinski definition) is 5. The van der Waals surface area contributed by atoms with E-state index in [0.717, 1.165) is 19.2 Å². The van der Waals surface area contributed by atoms with Crippen LogP contribution in [0.25, 0.3) is 0 Å². The van der Waals surface area contributed by atoms with Crippen LogP contribution < -0.4 is 15.9 Å². The quantitative estimate of drug-likeness (QED) is 0.799. The van der Waals surface area contributed by atoms with Crippen LogP contribution in [0.2, 0.25) is 0 Å². The van der Waals surface area contributed by atoms with E-state index in [-0.39, 0.29) is 13.4 Å². The van der Waals surface area contributed by atoms with Gasteiger partial charge in [0.05, 0.1) is 18.2 Å². The van der Waals surface area contributed by atoms with Crippen molar-refractivity contribution in [2.75, 3.05) is 14.2 Å². The summed E-state index contributed by atoms with van der Waals surface area (Å²) < 4.78 is 66.4. The summed E-state index contributed by atoms with van der Waals surface area (Å²) in [6.45, 7) is -3.12. The fraction of sp³-hybridized carbons (Fsp3) is 0.231. The smallest absolute Gasteiger partial charge is 0.343 e. The van der Waals surface area contributed by atoms with Crippen LogP contribution >= 0.6 is 0 Å². The minimum atomic E-state index is -4.53. The molecule has 118 valence electrons. The van der Waals surface area contributed by atoms with Gasteiger partial charge in [-0.25, -0.2) is 17.6 Å². The van der Waals surface area contributed by atoms with Gasteiger partial charge >= 0.3 is 5.69 Å². The highest BCUT2D eigenvalue weighted by Gasteiger charge is 2.21. The second kappa shape index (κ2) is 5.76. The summed E-state index contributed by atoms with van der Waals surface area (Å²) in [5.74, 6) is -0.898. The molecule has 0 saturated heterocycles. The topological polar surface area (TPSA) is 82.7 Å². The van der Waals surface area contributed by atoms with Crippen LogP contribution in [0.3, 0.4) is 0 Å². The molecular weight excluding hydrogens is 313 g/mol. The molecule has 0 aliphatic rings. The number of ether oxygens (including phenoxy) is 1. The average molecular weight is 330 g/mol. The number of rotatable bonds is 3. The molecule has 1 aromatic carbocycles. The molecule has 0 amide bonds. The Bertz CT molecular complexity index is 1020. The first-order chi connectivity index (χ1) is 11.5. The zero-order chi connectivity index (χ0) is 19.0. The van der Waals surface area contributed by atoms with Crippen LogP contribution in [0.4, 0.5) is 4.39 Å². The van der Waals surface area contributed by atoms with Crippen molar-refractivity contribution in [1.29, 1.82) is 0 Å². The number of hydrogen-bond donors (Lipinski definition) is 0. The molecule has 2 aromatic rings. The van der Waals surface area contributed by atoms with Gasteiger partial charge in [-0.1, -0.05) is 0 Å². The molecule has 2 rings (SSSR count). The van der Waals surface area contributed by atoms with Gasteiger partial charge in [0.1, 0.15) is 5.75 Å². The number of methoxy groups -OCH3 is 1. The third-order valence-corrected chi connectivity index (χ3v) is 4.51. The van der Waals surface area contributed by atoms with Crippen molar-refractivity contribution in [3.8, 4) is 5.75 Å². The summed E-state index contributed by atoms with van der Waals surface area (Å²) in [6.07, 6.45) is 0.395. The first kappa shape index (κ1) is 12.2. The summed E-state index contributed by atoms with van der Waals surface area (Å²) in [6, 6.07) is 4.97. The standard InChI is InChI=1S/C13H14FN3O4S/c1-15-12-11(14)8-17(13(18)16(12)2)22(19,20)10-6-4-9(21-3)5-7-10/h4-8H,1-3H3/b15-12+/i2D3. The SMILES string of the molecule is [2H]C([2H])([2H])n1c(=O)n(S(=O)(=O)c2ccc(OC)cc2)cc(F)/c1=N\C. The molecule has 0 atom stereocenters. The molecule has 0 N–H and O–H groups in total. The van der Waals surface area contributed by atoms with E-state index in [0.29, 0.717) is 11.9 Å². The Labute approximate surface area is 130 Å². The van der Waals surface area contributed by atoms with Crippen molar-refractivity contribution >= 4 is 10.0 Å². The zero-order valence-corrected chi connectivity index (χ0v) is 12.5. The third-order valence-electron chi connectivity index (χ3n) is 2.86. The van der Waals surface area contributed by atoms with Crippen molar-refractivity contribution in [3.05, 3.63) is 52.3 Å². The minimum Gasteiger partial charge on any atom is -0.497 e. The van der Waals surface area contributed by atoms with Crippen LogP contribution in [0, 0.1) is 5.82 Å². The summed E-state index contributed by atoms with van der Waals surface area (Å²) in [5, 5.41) is 0. The fourth-order valence-electron chi connectivity index (χ4n) is 1.75. The zero-order valence-electron chi connectivity index (χ0n) is 14.6. The van der Waals surface area contributed by atoms with Gasteiger partial charge < -0.3 is 4.74 Å². The van der Waals surface area contributed by atoms with Crippen LogP contribution in [0.15, 0.2) is 45.1 Å². The van der Waals surface area contributed by atoms with Gasteiger partial charge in [0.25, 0.3) is 10.0 Å². The largest absolute Gasteiger partial charge is 0.497 e. The Kier molecular flexibility index (Phi) is 3.18. The van der Waals surface area contributed by atoms with Gasteiger partial charge in [-0.2, -0.15) is 3.97 Å². The van der Waals surface area contributed by atoms with Crippen LogP contribution in [-0.4, -0.2) is 31.1 Å². The summed E-state index contributed by atoms with van der Waals surface area (Å²) in [5.41, 5.74) is -2.23. The van der Waals surface area contributed by atoms with E-state index in [2.05, 4.69) is 4.99 Å². The Morgan fingerprint density at radius 1 is 1.32 bits per heavy atom. The lowest BCUT2D eigenvalue weighted by atomic mass is 10.3. The normalized spacial score (nSPS) is 15.0. The maximum Gasteiger partial charge on any atom is 0.343 e. The second-order valence-corrected chi connectivity index (χ2v) is 5.93. The van der Waals surface area contributed by atoms with Crippen LogP contribution in [-0.2, 0) is 17.0 Å². The molecule has 1 heterocycles. The highest BCUT2D eigenvalue weighted by atomic mass is 32.2. The van der Waals surface area contributed by atoms with E-state index >= 15 is 0 Å². The van der Waals surface area contributed by atoms with Crippen molar-refractivity contribution in [2.24, 2.45) is 12.0 Å². The first-order valence-electron chi connectivity index (χ1n) is 7.41. The summed E-state index contributed by atoms with van der Waals surface area (Å²) in [7, 11) is -2.06. The molecular formula is C13H14FN3O4S. The van der Waals surface area contributed by atoms with Gasteiger partial charge in [0.15, 0.2) is 11.3 Å². The van der Waals surface area contributed by atoms with Crippen molar-refractivity contribution in [2.45, 2.75) is 4.90 Å². The van der Waals surface area contributed by atoms with E-state index in [9.17, 15) is 17.6 Å². The molecule has 22 heavy (non-hydrogen) atoms. The Morgan fingerprint density at radius 3 is 2.45 bits per heavy atom. The number of aromatic nitrogens is 2. The van der Waals surface area contributed by atoms with Gasteiger partial charge in [0, 0.05) is 18.1 Å². The predicted octanol–water partition coefficient (Wildman–Crippen LogP) is 0.102. The number of benzene rings is 1. The molecule has 0 fully saturated rings. The second-order valence-electron chi connectivity index (χ2n) is 4.12. The van der Waals surface area contributed by atoms with E-state index in [4.69, 9.17) is 8.85 Å². The highest BCUT2D eigenvalue weighted by Crippen LogP contribution is 2.17. The summed E-state index contributed by atoms with van der Waals surface area (Å²) >= 11 is 0. The molecule has 0 aliphatic heterocycles. The molecule has 0 bridgehead atoms. The van der Waals surface area contributed by atoms with Crippen molar-refractivity contribution in [3.63, 3.8) is 0 Å². The van der Waals surface area contributed by atoms with Gasteiger partial charge in [-0.15, -0.1) is 0 Å². The van der Waals surface area contributed by atoms with Gasteiger partial charge in [-0.05, 0) is 24.3 Å². The van der Waals surface area contributed by atoms with E-state index in [1.807, 2.05) is 0 Å². The molecule has 0 unspecified atom stereocenters. The highest BCUT2D eigenvalue weighted by molar-refractivity contribution is 7.90. The van der Waals surface area contributed by atoms with Crippen LogP contribution in [0.1, 0.15) is 4.11 Å². The lowest BCUT2D eigenvalue weighted by Gasteiger charge is -2.10. The lowest BCUT2D eigenvalue weighted by Crippen LogP contribution is -2.42. The van der Waals surface area contributed by atoms with Gasteiger partial charge in [-0.3, -0.25) is 9.56 Å². The fourth-order valence-corrected chi connectivity index (χ4v) is 2.98. The van der Waals surface area contributed by atoms with E-state index in [1.54, 1.807) is 0 Å². The van der Waals surface area contributed by atoms with Crippen LogP contribution in [0.5, 0.6) is 5.75 Å². The third kappa shape index (κ3) is 2.54. The Balaban J connectivity index is 2.83. The monoisotopic (exact) mass is 330 g/mol. The minimum absolute atomic E-state index is 0.0173. The van der Waals surface area contributed by atoms with E-state index < -0.39 is 34.0 Å². The maximum atomic E-state index is 14.2. The summed E-state index contributed by atoms with van der Waals surface area (Å²) in [4.78, 5) is 15.5. The van der Waals surface area contributed by atoms with E-state index in [1.165, 1.54) is 19.2 Å². The predicted molar refractivity (Wildman–Crippen MR) is 76.7 cm³/mol. The Hall–Kier alpha value is -2.42. The van der Waals surface area contributed by atoms with Gasteiger partial charge in [0.2, 0.25) is 0 Å². The maximum absolute atomic E-state index is 14.2. The molecule has 0 radical (unpaired) electrons.